The van der Waals surface area contributed by atoms with Crippen LogP contribution in [0.25, 0.3) is 0 Å². The quantitative estimate of drug-likeness (QED) is 0.781. The number of rotatable bonds is 5. The first kappa shape index (κ1) is 16.2. The summed E-state index contributed by atoms with van der Waals surface area (Å²) in [6.07, 6.45) is 0. The fourth-order valence-corrected chi connectivity index (χ4v) is 2.53. The van der Waals surface area contributed by atoms with Gasteiger partial charge in [-0.05, 0) is 17.4 Å². The van der Waals surface area contributed by atoms with Crippen LogP contribution >= 0.6 is 11.3 Å². The fraction of sp³-hybridized carbons (Fsp3) is 0.429. The van der Waals surface area contributed by atoms with E-state index in [0.29, 0.717) is 17.0 Å². The topological polar surface area (TPSA) is 89.4 Å². The largest absolute Gasteiger partial charge is 0.368 e. The Bertz CT molecular complexity index is 540. The van der Waals surface area contributed by atoms with E-state index in [-0.39, 0.29) is 24.9 Å². The Morgan fingerprint density at radius 2 is 2.15 bits per heavy atom. The number of hydrogen-bond donors (Lipinski definition) is 2. The Morgan fingerprint density at radius 1 is 1.45 bits per heavy atom. The molecule has 0 saturated carbocycles. The first-order valence-corrected chi connectivity index (χ1v) is 7.17. The molecule has 1 aromatic heterocycles. The molecule has 0 fully saturated rings. The van der Waals surface area contributed by atoms with Crippen LogP contribution in [0.15, 0.2) is 11.4 Å². The van der Waals surface area contributed by atoms with Crippen molar-refractivity contribution >= 4 is 23.2 Å². The summed E-state index contributed by atoms with van der Waals surface area (Å²) in [6, 6.07) is 1.78. The maximum atomic E-state index is 12.5. The van der Waals surface area contributed by atoms with Crippen molar-refractivity contribution in [2.45, 2.75) is 13.8 Å². The van der Waals surface area contributed by atoms with E-state index in [1.807, 2.05) is 13.8 Å². The van der Waals surface area contributed by atoms with Gasteiger partial charge in [-0.1, -0.05) is 25.7 Å². The first-order chi connectivity index (χ1) is 9.45. The molecule has 0 aliphatic carbocycles. The zero-order valence-electron chi connectivity index (χ0n) is 11.7. The molecule has 20 heavy (non-hydrogen) atoms. The second kappa shape index (κ2) is 7.68. The summed E-state index contributed by atoms with van der Waals surface area (Å²) in [6.45, 7) is 4.58. The molecule has 1 rings (SSSR count). The lowest BCUT2D eigenvalue weighted by Gasteiger charge is -2.22. The SMILES string of the molecule is CC(C)CN(CC(N)=O)C(=O)c1sccc1C#CCN. The molecule has 0 aromatic carbocycles. The number of carbonyl (C=O) groups excluding carboxylic acids is 2. The van der Waals surface area contributed by atoms with Crippen LogP contribution in [0.2, 0.25) is 0 Å². The summed E-state index contributed by atoms with van der Waals surface area (Å²) in [4.78, 5) is 25.6. The Labute approximate surface area is 122 Å². The van der Waals surface area contributed by atoms with Crippen LogP contribution in [-0.2, 0) is 4.79 Å². The molecule has 0 atom stereocenters. The van der Waals surface area contributed by atoms with Gasteiger partial charge in [0.2, 0.25) is 5.91 Å². The standard InChI is InChI=1S/C14H19N3O2S/c1-10(2)8-17(9-12(16)18)14(19)13-11(4-3-6-15)5-7-20-13/h5,7,10H,6,8-9,15H2,1-2H3,(H2,16,18). The van der Waals surface area contributed by atoms with Gasteiger partial charge in [-0.2, -0.15) is 0 Å². The number of hydrogen-bond acceptors (Lipinski definition) is 4. The highest BCUT2D eigenvalue weighted by atomic mass is 32.1. The molecule has 0 aliphatic rings. The number of nitrogens with zero attached hydrogens (tertiary/aromatic N) is 1. The van der Waals surface area contributed by atoms with Gasteiger partial charge < -0.3 is 16.4 Å². The number of nitrogens with two attached hydrogens (primary N) is 2. The molecule has 5 nitrogen and oxygen atoms in total. The number of carbonyl (C=O) groups is 2. The third kappa shape index (κ3) is 4.68. The van der Waals surface area contributed by atoms with Gasteiger partial charge in [0.15, 0.2) is 0 Å². The van der Waals surface area contributed by atoms with E-state index in [9.17, 15) is 9.59 Å². The van der Waals surface area contributed by atoms with Crippen LogP contribution in [0.5, 0.6) is 0 Å². The van der Waals surface area contributed by atoms with Crippen molar-refractivity contribution in [2.75, 3.05) is 19.6 Å². The minimum atomic E-state index is -0.523. The molecule has 2 amide bonds. The van der Waals surface area contributed by atoms with Crippen LogP contribution in [-0.4, -0.2) is 36.3 Å². The van der Waals surface area contributed by atoms with Crippen molar-refractivity contribution in [3.63, 3.8) is 0 Å². The van der Waals surface area contributed by atoms with Crippen LogP contribution in [0.1, 0.15) is 29.1 Å². The molecule has 0 aliphatic heterocycles. The summed E-state index contributed by atoms with van der Waals surface area (Å²) < 4.78 is 0. The van der Waals surface area contributed by atoms with Gasteiger partial charge in [0.1, 0.15) is 4.88 Å². The van der Waals surface area contributed by atoms with Gasteiger partial charge in [0.25, 0.3) is 5.91 Å². The van der Waals surface area contributed by atoms with E-state index in [0.717, 1.165) is 0 Å². The average molecular weight is 293 g/mol. The molecule has 0 unspecified atom stereocenters. The number of thiophene rings is 1. The van der Waals surface area contributed by atoms with Gasteiger partial charge in [-0.25, -0.2) is 0 Å². The summed E-state index contributed by atoms with van der Waals surface area (Å²) >= 11 is 1.30. The van der Waals surface area contributed by atoms with Crippen molar-refractivity contribution in [1.82, 2.24) is 4.90 Å². The highest BCUT2D eigenvalue weighted by molar-refractivity contribution is 7.12. The van der Waals surface area contributed by atoms with E-state index in [1.165, 1.54) is 16.2 Å². The molecule has 0 saturated heterocycles. The number of primary amides is 1. The molecule has 1 aromatic rings. The molecule has 4 N–H and O–H groups in total. The second-order valence-corrected chi connectivity index (χ2v) is 5.63. The van der Waals surface area contributed by atoms with E-state index >= 15 is 0 Å². The zero-order valence-corrected chi connectivity index (χ0v) is 12.5. The lowest BCUT2D eigenvalue weighted by atomic mass is 10.2. The average Bonchev–Trinajstić information content (AvgIpc) is 2.81. The van der Waals surface area contributed by atoms with Crippen molar-refractivity contribution in [3.05, 3.63) is 21.9 Å². The van der Waals surface area contributed by atoms with Gasteiger partial charge in [-0.15, -0.1) is 11.3 Å². The Morgan fingerprint density at radius 3 is 2.70 bits per heavy atom. The van der Waals surface area contributed by atoms with Crippen LogP contribution in [0.4, 0.5) is 0 Å². The van der Waals surface area contributed by atoms with E-state index in [1.54, 1.807) is 11.4 Å². The van der Waals surface area contributed by atoms with Crippen LogP contribution in [0.3, 0.4) is 0 Å². The van der Waals surface area contributed by atoms with Crippen LogP contribution < -0.4 is 11.5 Å². The molecule has 0 spiro atoms. The Balaban J connectivity index is 2.99. The van der Waals surface area contributed by atoms with E-state index in [2.05, 4.69) is 11.8 Å². The van der Waals surface area contributed by atoms with Crippen molar-refractivity contribution < 1.29 is 9.59 Å². The molecule has 6 heteroatoms. The predicted molar refractivity (Wildman–Crippen MR) is 80.2 cm³/mol. The third-order valence-corrected chi connectivity index (χ3v) is 3.31. The number of amides is 2. The lowest BCUT2D eigenvalue weighted by molar-refractivity contribution is -0.118. The summed E-state index contributed by atoms with van der Waals surface area (Å²) in [5.41, 5.74) is 11.2. The maximum Gasteiger partial charge on any atom is 0.265 e. The van der Waals surface area contributed by atoms with Gasteiger partial charge in [0, 0.05) is 12.1 Å². The molecule has 0 bridgehead atoms. The second-order valence-electron chi connectivity index (χ2n) is 4.72. The minimum Gasteiger partial charge on any atom is -0.368 e. The Kier molecular flexibility index (Phi) is 6.22. The van der Waals surface area contributed by atoms with Crippen molar-refractivity contribution in [3.8, 4) is 11.8 Å². The lowest BCUT2D eigenvalue weighted by Crippen LogP contribution is -2.40. The normalized spacial score (nSPS) is 10.0. The molecule has 0 radical (unpaired) electrons. The van der Waals surface area contributed by atoms with Gasteiger partial charge in [-0.3, -0.25) is 9.59 Å². The summed E-state index contributed by atoms with van der Waals surface area (Å²) in [5, 5.41) is 1.80. The van der Waals surface area contributed by atoms with E-state index in [4.69, 9.17) is 11.5 Å². The summed E-state index contributed by atoms with van der Waals surface area (Å²) in [7, 11) is 0. The first-order valence-electron chi connectivity index (χ1n) is 6.29. The Hall–Kier alpha value is -1.84. The maximum absolute atomic E-state index is 12.5. The van der Waals surface area contributed by atoms with Gasteiger partial charge in [0.05, 0.1) is 13.1 Å². The summed E-state index contributed by atoms with van der Waals surface area (Å²) in [5.74, 6) is 5.11. The highest BCUT2D eigenvalue weighted by Gasteiger charge is 2.21. The molecule has 108 valence electrons. The minimum absolute atomic E-state index is 0.0847. The molecular formula is C14H19N3O2S. The van der Waals surface area contributed by atoms with Crippen molar-refractivity contribution in [2.24, 2.45) is 17.4 Å². The highest BCUT2D eigenvalue weighted by Crippen LogP contribution is 2.19. The molecular weight excluding hydrogens is 274 g/mol. The smallest absolute Gasteiger partial charge is 0.265 e. The molecule has 1 heterocycles. The van der Waals surface area contributed by atoms with E-state index < -0.39 is 5.91 Å². The van der Waals surface area contributed by atoms with Crippen molar-refractivity contribution in [1.29, 1.82) is 0 Å². The monoisotopic (exact) mass is 293 g/mol. The predicted octanol–water partition coefficient (Wildman–Crippen LogP) is 0.642. The fourth-order valence-electron chi connectivity index (χ4n) is 1.71. The third-order valence-electron chi connectivity index (χ3n) is 2.40. The van der Waals surface area contributed by atoms with Gasteiger partial charge >= 0.3 is 0 Å². The zero-order chi connectivity index (χ0) is 15.1. The van der Waals surface area contributed by atoms with Crippen LogP contribution in [0, 0.1) is 17.8 Å².